The first kappa shape index (κ1) is 16.9. The molecule has 2 aromatic carbocycles. The van der Waals surface area contributed by atoms with Gasteiger partial charge in [-0.2, -0.15) is 4.98 Å². The molecule has 0 bridgehead atoms. The molecule has 1 fully saturated rings. The molecular formula is C19H19N3O3S. The van der Waals surface area contributed by atoms with Crippen LogP contribution in [0.2, 0.25) is 0 Å². The Morgan fingerprint density at radius 1 is 1.04 bits per heavy atom. The van der Waals surface area contributed by atoms with E-state index in [4.69, 9.17) is 10.3 Å². The van der Waals surface area contributed by atoms with Crippen molar-refractivity contribution in [3.8, 4) is 11.5 Å². The Labute approximate surface area is 152 Å². The monoisotopic (exact) mass is 369 g/mol. The predicted octanol–water partition coefficient (Wildman–Crippen LogP) is 3.05. The summed E-state index contributed by atoms with van der Waals surface area (Å²) in [7, 11) is -3.47. The number of nitrogens with two attached hydrogens (primary N) is 1. The van der Waals surface area contributed by atoms with Gasteiger partial charge in [0.2, 0.25) is 0 Å². The van der Waals surface area contributed by atoms with Crippen LogP contribution in [0.4, 0.5) is 0 Å². The summed E-state index contributed by atoms with van der Waals surface area (Å²) in [6.07, 6.45) is 2.71. The zero-order valence-corrected chi connectivity index (χ0v) is 14.9. The van der Waals surface area contributed by atoms with Crippen LogP contribution in [0.5, 0.6) is 0 Å². The van der Waals surface area contributed by atoms with Crippen molar-refractivity contribution in [1.29, 1.82) is 0 Å². The third kappa shape index (κ3) is 3.04. The predicted molar refractivity (Wildman–Crippen MR) is 96.8 cm³/mol. The molecular weight excluding hydrogens is 350 g/mol. The van der Waals surface area contributed by atoms with Crippen molar-refractivity contribution in [2.75, 3.05) is 0 Å². The molecule has 4 rings (SSSR count). The Kier molecular flexibility index (Phi) is 4.13. The number of nitrogens with zero attached hydrogens (tertiary/aromatic N) is 2. The normalized spacial score (nSPS) is 16.2. The third-order valence-electron chi connectivity index (χ3n) is 4.81. The number of rotatable bonds is 5. The molecule has 1 aliphatic rings. The molecule has 0 amide bonds. The van der Waals surface area contributed by atoms with E-state index in [0.29, 0.717) is 22.8 Å². The number of hydrogen-bond acceptors (Lipinski definition) is 6. The Balaban J connectivity index is 1.68. The fraction of sp³-hybridized carbons (Fsp3) is 0.263. The van der Waals surface area contributed by atoms with Gasteiger partial charge < -0.3 is 10.3 Å². The molecule has 0 atom stereocenters. The summed E-state index contributed by atoms with van der Waals surface area (Å²) < 4.78 is 30.8. The minimum atomic E-state index is -3.47. The molecule has 7 heteroatoms. The zero-order valence-electron chi connectivity index (χ0n) is 14.1. The minimum absolute atomic E-state index is 0.140. The van der Waals surface area contributed by atoms with E-state index in [2.05, 4.69) is 10.1 Å². The first-order valence-corrected chi connectivity index (χ1v) is 10.1. The van der Waals surface area contributed by atoms with Crippen molar-refractivity contribution in [2.45, 2.75) is 35.4 Å². The third-order valence-corrected chi connectivity index (χ3v) is 6.49. The van der Waals surface area contributed by atoms with E-state index in [-0.39, 0.29) is 10.6 Å². The second kappa shape index (κ2) is 6.34. The Morgan fingerprint density at radius 2 is 1.73 bits per heavy atom. The van der Waals surface area contributed by atoms with Gasteiger partial charge in [-0.15, -0.1) is 0 Å². The standard InChI is InChI=1S/C19H19N3O3S/c20-19(11-6-12-19)18-21-17(25-22-18)16-10-5-4-7-14(16)13-26(23,24)15-8-2-1-3-9-15/h1-5,7-10H,6,11-13,20H2. The molecule has 2 N–H and O–H groups in total. The van der Waals surface area contributed by atoms with Gasteiger partial charge in [-0.3, -0.25) is 0 Å². The van der Waals surface area contributed by atoms with Crippen molar-refractivity contribution < 1.29 is 12.9 Å². The summed E-state index contributed by atoms with van der Waals surface area (Å²) in [5.41, 5.74) is 6.97. The van der Waals surface area contributed by atoms with E-state index < -0.39 is 15.4 Å². The molecule has 0 spiro atoms. The number of hydrogen-bond donors (Lipinski definition) is 1. The average Bonchev–Trinajstić information content (AvgIpc) is 3.11. The number of benzene rings is 2. The maximum absolute atomic E-state index is 12.7. The van der Waals surface area contributed by atoms with Crippen LogP contribution in [0.3, 0.4) is 0 Å². The van der Waals surface area contributed by atoms with Crippen LogP contribution >= 0.6 is 0 Å². The lowest BCUT2D eigenvalue weighted by Gasteiger charge is -2.34. The summed E-state index contributed by atoms with van der Waals surface area (Å²) in [6, 6.07) is 15.6. The van der Waals surface area contributed by atoms with Crippen LogP contribution in [0.25, 0.3) is 11.5 Å². The summed E-state index contributed by atoms with van der Waals surface area (Å²) in [5.74, 6) is 0.647. The van der Waals surface area contributed by atoms with E-state index in [0.717, 1.165) is 19.3 Å². The van der Waals surface area contributed by atoms with Gasteiger partial charge in [0.1, 0.15) is 0 Å². The molecule has 26 heavy (non-hydrogen) atoms. The van der Waals surface area contributed by atoms with Gasteiger partial charge in [-0.1, -0.05) is 41.6 Å². The maximum Gasteiger partial charge on any atom is 0.258 e. The summed E-state index contributed by atoms with van der Waals surface area (Å²) in [4.78, 5) is 4.73. The van der Waals surface area contributed by atoms with Crippen LogP contribution < -0.4 is 5.73 Å². The molecule has 3 aromatic rings. The summed E-state index contributed by atoms with van der Waals surface area (Å²) in [6.45, 7) is 0. The Hall–Kier alpha value is -2.51. The zero-order chi connectivity index (χ0) is 18.2. The molecule has 1 saturated carbocycles. The summed E-state index contributed by atoms with van der Waals surface area (Å²) >= 11 is 0. The molecule has 1 aromatic heterocycles. The van der Waals surface area contributed by atoms with E-state index in [9.17, 15) is 8.42 Å². The Bertz CT molecular complexity index is 1020. The minimum Gasteiger partial charge on any atom is -0.334 e. The van der Waals surface area contributed by atoms with Crippen molar-refractivity contribution in [3.05, 3.63) is 66.0 Å². The van der Waals surface area contributed by atoms with Crippen LogP contribution in [0.15, 0.2) is 64.0 Å². The van der Waals surface area contributed by atoms with E-state index in [1.165, 1.54) is 0 Å². The van der Waals surface area contributed by atoms with Gasteiger partial charge >= 0.3 is 0 Å². The van der Waals surface area contributed by atoms with Crippen molar-refractivity contribution in [3.63, 3.8) is 0 Å². The van der Waals surface area contributed by atoms with Crippen LogP contribution in [0, 0.1) is 0 Å². The molecule has 0 saturated heterocycles. The van der Waals surface area contributed by atoms with E-state index in [1.54, 1.807) is 48.5 Å². The fourth-order valence-corrected chi connectivity index (χ4v) is 4.49. The van der Waals surface area contributed by atoms with Gasteiger partial charge in [-0.05, 0) is 43.0 Å². The van der Waals surface area contributed by atoms with Gasteiger partial charge in [0.05, 0.1) is 16.2 Å². The van der Waals surface area contributed by atoms with E-state index >= 15 is 0 Å². The van der Waals surface area contributed by atoms with Gasteiger partial charge in [0, 0.05) is 5.56 Å². The molecule has 1 aliphatic carbocycles. The van der Waals surface area contributed by atoms with E-state index in [1.807, 2.05) is 6.07 Å². The highest BCUT2D eigenvalue weighted by Gasteiger charge is 2.39. The highest BCUT2D eigenvalue weighted by Crippen LogP contribution is 2.38. The van der Waals surface area contributed by atoms with Crippen molar-refractivity contribution >= 4 is 9.84 Å². The largest absolute Gasteiger partial charge is 0.334 e. The second-order valence-corrected chi connectivity index (χ2v) is 8.65. The van der Waals surface area contributed by atoms with Crippen molar-refractivity contribution in [1.82, 2.24) is 10.1 Å². The quantitative estimate of drug-likeness (QED) is 0.742. The first-order chi connectivity index (χ1) is 12.5. The fourth-order valence-electron chi connectivity index (χ4n) is 3.09. The molecule has 134 valence electrons. The lowest BCUT2D eigenvalue weighted by molar-refractivity contribution is 0.229. The van der Waals surface area contributed by atoms with Gasteiger partial charge in [0.15, 0.2) is 15.7 Å². The maximum atomic E-state index is 12.7. The lowest BCUT2D eigenvalue weighted by Crippen LogP contribution is -2.44. The van der Waals surface area contributed by atoms with Gasteiger partial charge in [-0.25, -0.2) is 8.42 Å². The van der Waals surface area contributed by atoms with Gasteiger partial charge in [0.25, 0.3) is 5.89 Å². The van der Waals surface area contributed by atoms with Crippen LogP contribution in [0.1, 0.15) is 30.7 Å². The lowest BCUT2D eigenvalue weighted by atomic mass is 9.77. The second-order valence-electron chi connectivity index (χ2n) is 6.66. The van der Waals surface area contributed by atoms with Crippen LogP contribution in [-0.2, 0) is 21.1 Å². The molecule has 0 unspecified atom stereocenters. The number of sulfone groups is 1. The number of aromatic nitrogens is 2. The first-order valence-electron chi connectivity index (χ1n) is 8.47. The van der Waals surface area contributed by atoms with Crippen molar-refractivity contribution in [2.24, 2.45) is 5.73 Å². The van der Waals surface area contributed by atoms with Crippen LogP contribution in [-0.4, -0.2) is 18.6 Å². The highest BCUT2D eigenvalue weighted by molar-refractivity contribution is 7.90. The smallest absolute Gasteiger partial charge is 0.258 e. The molecule has 0 aliphatic heterocycles. The highest BCUT2D eigenvalue weighted by atomic mass is 32.2. The topological polar surface area (TPSA) is 99.1 Å². The average molecular weight is 369 g/mol. The molecule has 6 nitrogen and oxygen atoms in total. The Morgan fingerprint density at radius 3 is 2.42 bits per heavy atom. The summed E-state index contributed by atoms with van der Waals surface area (Å²) in [5, 5.41) is 4.02. The molecule has 0 radical (unpaired) electrons. The molecule has 1 heterocycles. The SMILES string of the molecule is NC1(c2noc(-c3ccccc3CS(=O)(=O)c3ccccc3)n2)CCC1.